The number of benzene rings is 1. The summed E-state index contributed by atoms with van der Waals surface area (Å²) in [4.78, 5) is 0.183. The van der Waals surface area contributed by atoms with Crippen molar-refractivity contribution < 1.29 is 12.8 Å². The molecule has 0 heterocycles. The van der Waals surface area contributed by atoms with Crippen LogP contribution in [0.2, 0.25) is 0 Å². The van der Waals surface area contributed by atoms with Gasteiger partial charge in [-0.2, -0.15) is 5.26 Å². The lowest BCUT2D eigenvalue weighted by Gasteiger charge is -2.03. The maximum absolute atomic E-state index is 11.9. The highest BCUT2D eigenvalue weighted by Gasteiger charge is 2.13. The molecule has 0 aliphatic heterocycles. The van der Waals surface area contributed by atoms with Crippen LogP contribution in [0.4, 0.5) is 4.39 Å². The third-order valence-electron chi connectivity index (χ3n) is 2.11. The molecule has 0 radical (unpaired) electrons. The second kappa shape index (κ2) is 5.61. The van der Waals surface area contributed by atoms with E-state index in [0.29, 0.717) is 0 Å². The highest BCUT2D eigenvalue weighted by Crippen LogP contribution is 2.13. The molecular formula is C11H12FNO2S. The molecule has 0 unspecified atom stereocenters. The Morgan fingerprint density at radius 3 is 2.38 bits per heavy atom. The molecular weight excluding hydrogens is 229 g/mol. The summed E-state index contributed by atoms with van der Waals surface area (Å²) in [6.07, 6.45) is 0.271. The first-order valence-electron chi connectivity index (χ1n) is 4.85. The van der Waals surface area contributed by atoms with Crippen molar-refractivity contribution in [3.8, 4) is 6.07 Å². The van der Waals surface area contributed by atoms with Gasteiger partial charge in [-0.25, -0.2) is 8.42 Å². The summed E-state index contributed by atoms with van der Waals surface area (Å²) in [5, 5.41) is 8.46. The van der Waals surface area contributed by atoms with Crippen LogP contribution in [0.3, 0.4) is 0 Å². The van der Waals surface area contributed by atoms with Crippen molar-refractivity contribution in [1.29, 1.82) is 5.26 Å². The van der Waals surface area contributed by atoms with Crippen LogP contribution in [0.1, 0.15) is 12.0 Å². The summed E-state index contributed by atoms with van der Waals surface area (Å²) in [6.45, 7) is -0.633. The first-order chi connectivity index (χ1) is 7.60. The van der Waals surface area contributed by atoms with Crippen molar-refractivity contribution in [2.75, 3.05) is 12.4 Å². The van der Waals surface area contributed by atoms with E-state index in [0.717, 1.165) is 5.56 Å². The Labute approximate surface area is 94.4 Å². The average molecular weight is 241 g/mol. The van der Waals surface area contributed by atoms with Crippen LogP contribution in [-0.4, -0.2) is 20.8 Å². The molecule has 0 fully saturated rings. The number of rotatable bonds is 5. The van der Waals surface area contributed by atoms with Gasteiger partial charge in [-0.1, -0.05) is 12.1 Å². The van der Waals surface area contributed by atoms with Gasteiger partial charge >= 0.3 is 0 Å². The van der Waals surface area contributed by atoms with Gasteiger partial charge < -0.3 is 0 Å². The summed E-state index contributed by atoms with van der Waals surface area (Å²) in [6, 6.07) is 8.10. The first-order valence-corrected chi connectivity index (χ1v) is 6.50. The number of nitriles is 1. The summed E-state index contributed by atoms with van der Waals surface area (Å²) < 4.78 is 35.2. The standard InChI is InChI=1S/C11H12FNO2S/c12-7-1-9-16(14,15)11-4-2-10(3-5-11)6-8-13/h2-5H,1,6-7,9H2. The zero-order chi connectivity index (χ0) is 12.0. The van der Waals surface area contributed by atoms with E-state index in [1.165, 1.54) is 12.1 Å². The second-order valence-corrected chi connectivity index (χ2v) is 5.45. The molecule has 86 valence electrons. The molecule has 3 nitrogen and oxygen atoms in total. The molecule has 5 heteroatoms. The fourth-order valence-electron chi connectivity index (χ4n) is 1.27. The van der Waals surface area contributed by atoms with Crippen molar-refractivity contribution in [2.45, 2.75) is 17.7 Å². The Morgan fingerprint density at radius 1 is 1.25 bits per heavy atom. The van der Waals surface area contributed by atoms with E-state index >= 15 is 0 Å². The normalized spacial score (nSPS) is 11.0. The van der Waals surface area contributed by atoms with Crippen LogP contribution in [0.15, 0.2) is 29.2 Å². The lowest BCUT2D eigenvalue weighted by molar-refractivity contribution is 0.484. The molecule has 1 aromatic carbocycles. The molecule has 1 rings (SSSR count). The zero-order valence-electron chi connectivity index (χ0n) is 8.69. The topological polar surface area (TPSA) is 57.9 Å². The molecule has 0 N–H and O–H groups in total. The van der Waals surface area contributed by atoms with Crippen molar-refractivity contribution in [2.24, 2.45) is 0 Å². The predicted molar refractivity (Wildman–Crippen MR) is 58.4 cm³/mol. The highest BCUT2D eigenvalue weighted by molar-refractivity contribution is 7.91. The van der Waals surface area contributed by atoms with Crippen molar-refractivity contribution in [1.82, 2.24) is 0 Å². The van der Waals surface area contributed by atoms with Gasteiger partial charge in [-0.15, -0.1) is 0 Å². The number of sulfone groups is 1. The van der Waals surface area contributed by atoms with Gasteiger partial charge in [0.05, 0.1) is 29.8 Å². The van der Waals surface area contributed by atoms with Gasteiger partial charge in [-0.3, -0.25) is 4.39 Å². The average Bonchev–Trinajstić information content (AvgIpc) is 2.28. The molecule has 0 spiro atoms. The maximum Gasteiger partial charge on any atom is 0.178 e. The van der Waals surface area contributed by atoms with Gasteiger partial charge in [0.1, 0.15) is 0 Å². The monoisotopic (exact) mass is 241 g/mol. The SMILES string of the molecule is N#CCc1ccc(S(=O)(=O)CCCF)cc1. The maximum atomic E-state index is 11.9. The van der Waals surface area contributed by atoms with Crippen LogP contribution in [0.5, 0.6) is 0 Å². The molecule has 0 aliphatic rings. The largest absolute Gasteiger partial charge is 0.251 e. The highest BCUT2D eigenvalue weighted by atomic mass is 32.2. The van der Waals surface area contributed by atoms with Gasteiger partial charge in [0, 0.05) is 0 Å². The number of nitrogens with zero attached hydrogens (tertiary/aromatic N) is 1. The Kier molecular flexibility index (Phi) is 4.44. The summed E-state index contributed by atoms with van der Waals surface area (Å²) in [5.41, 5.74) is 0.770. The van der Waals surface area contributed by atoms with E-state index in [-0.39, 0.29) is 23.5 Å². The fourth-order valence-corrected chi connectivity index (χ4v) is 2.54. The van der Waals surface area contributed by atoms with E-state index in [1.807, 2.05) is 6.07 Å². The van der Waals surface area contributed by atoms with E-state index < -0.39 is 16.5 Å². The van der Waals surface area contributed by atoms with Gasteiger partial charge in [0.15, 0.2) is 9.84 Å². The number of alkyl halides is 1. The molecule has 0 atom stereocenters. The molecule has 0 saturated heterocycles. The quantitative estimate of drug-likeness (QED) is 0.791. The van der Waals surface area contributed by atoms with Crippen molar-refractivity contribution in [3.63, 3.8) is 0 Å². The summed E-state index contributed by atoms with van der Waals surface area (Å²) in [7, 11) is -3.38. The number of hydrogen-bond donors (Lipinski definition) is 0. The zero-order valence-corrected chi connectivity index (χ0v) is 9.50. The summed E-state index contributed by atoms with van der Waals surface area (Å²) in [5.74, 6) is -0.179. The smallest absolute Gasteiger partial charge is 0.178 e. The number of halogens is 1. The van der Waals surface area contributed by atoms with Crippen LogP contribution < -0.4 is 0 Å². The molecule has 0 amide bonds. The summed E-state index contributed by atoms with van der Waals surface area (Å²) >= 11 is 0. The second-order valence-electron chi connectivity index (χ2n) is 3.34. The van der Waals surface area contributed by atoms with E-state index in [1.54, 1.807) is 12.1 Å². The molecule has 0 bridgehead atoms. The Bertz CT molecular complexity index is 474. The molecule has 0 aromatic heterocycles. The number of hydrogen-bond acceptors (Lipinski definition) is 3. The van der Waals surface area contributed by atoms with E-state index in [2.05, 4.69) is 0 Å². The predicted octanol–water partition coefficient (Wildman–Crippen LogP) is 1.89. The van der Waals surface area contributed by atoms with Gasteiger partial charge in [0.2, 0.25) is 0 Å². The van der Waals surface area contributed by atoms with Crippen molar-refractivity contribution >= 4 is 9.84 Å². The van der Waals surface area contributed by atoms with Crippen LogP contribution in [0, 0.1) is 11.3 Å². The Balaban J connectivity index is 2.85. The minimum absolute atomic E-state index is 0.0162. The van der Waals surface area contributed by atoms with Crippen LogP contribution in [-0.2, 0) is 16.3 Å². The lowest BCUT2D eigenvalue weighted by Crippen LogP contribution is -2.07. The Morgan fingerprint density at radius 2 is 1.88 bits per heavy atom. The lowest BCUT2D eigenvalue weighted by atomic mass is 10.2. The fraction of sp³-hybridized carbons (Fsp3) is 0.364. The van der Waals surface area contributed by atoms with Gasteiger partial charge in [0.25, 0.3) is 0 Å². The molecule has 0 aliphatic carbocycles. The van der Waals surface area contributed by atoms with E-state index in [9.17, 15) is 12.8 Å². The molecule has 0 saturated carbocycles. The minimum Gasteiger partial charge on any atom is -0.251 e. The van der Waals surface area contributed by atoms with Crippen molar-refractivity contribution in [3.05, 3.63) is 29.8 Å². The van der Waals surface area contributed by atoms with Crippen LogP contribution >= 0.6 is 0 Å². The first kappa shape index (κ1) is 12.7. The molecule has 16 heavy (non-hydrogen) atoms. The Hall–Kier alpha value is -1.41. The minimum atomic E-state index is -3.38. The van der Waals surface area contributed by atoms with E-state index in [4.69, 9.17) is 5.26 Å². The third-order valence-corrected chi connectivity index (χ3v) is 3.93. The van der Waals surface area contributed by atoms with Gasteiger partial charge in [-0.05, 0) is 24.1 Å². The third kappa shape index (κ3) is 3.31. The molecule has 1 aromatic rings. The van der Waals surface area contributed by atoms with Crippen LogP contribution in [0.25, 0.3) is 0 Å².